The van der Waals surface area contributed by atoms with E-state index in [4.69, 9.17) is 14.2 Å². The van der Waals surface area contributed by atoms with E-state index >= 15 is 0 Å². The van der Waals surface area contributed by atoms with Crippen molar-refractivity contribution >= 4 is 29.9 Å². The summed E-state index contributed by atoms with van der Waals surface area (Å²) >= 11 is 0. The fourth-order valence-corrected chi connectivity index (χ4v) is 2.21. The van der Waals surface area contributed by atoms with Crippen molar-refractivity contribution in [1.82, 2.24) is 10.6 Å². The summed E-state index contributed by atoms with van der Waals surface area (Å²) < 4.78 is 16.1. The lowest BCUT2D eigenvalue weighted by atomic mass is 10.2. The number of hydrogen-bond acceptors (Lipinski definition) is 4. The van der Waals surface area contributed by atoms with Gasteiger partial charge in [0, 0.05) is 32.4 Å². The van der Waals surface area contributed by atoms with Crippen LogP contribution in [0.5, 0.6) is 5.75 Å². The van der Waals surface area contributed by atoms with Gasteiger partial charge in [0.25, 0.3) is 0 Å². The van der Waals surface area contributed by atoms with Crippen LogP contribution >= 0.6 is 24.0 Å². The number of halogens is 1. The van der Waals surface area contributed by atoms with Crippen molar-refractivity contribution in [3.8, 4) is 5.75 Å². The quantitative estimate of drug-likeness (QED) is 0.137. The van der Waals surface area contributed by atoms with Crippen LogP contribution in [0.15, 0.2) is 41.9 Å². The second kappa shape index (κ2) is 18.1. The minimum Gasteiger partial charge on any atom is -0.489 e. The summed E-state index contributed by atoms with van der Waals surface area (Å²) in [7, 11) is 1.68. The van der Waals surface area contributed by atoms with E-state index in [1.165, 1.54) is 0 Å². The van der Waals surface area contributed by atoms with Gasteiger partial charge in [0.1, 0.15) is 12.4 Å². The molecule has 0 aliphatic rings. The Hall–Kier alpha value is -1.32. The number of aliphatic imine (C=N–C) groups is 1. The zero-order chi connectivity index (χ0) is 18.9. The monoisotopic (exact) mass is 491 g/mol. The molecule has 0 aromatic heterocycles. The first-order chi connectivity index (χ1) is 12.8. The van der Waals surface area contributed by atoms with Gasteiger partial charge in [-0.25, -0.2) is 4.99 Å². The molecule has 0 saturated heterocycles. The molecule has 0 unspecified atom stereocenters. The van der Waals surface area contributed by atoms with Crippen LogP contribution in [0.25, 0.3) is 0 Å². The Kier molecular flexibility index (Phi) is 17.2. The van der Waals surface area contributed by atoms with Gasteiger partial charge in [-0.1, -0.05) is 30.9 Å². The number of nitrogens with one attached hydrogen (secondary N) is 2. The molecule has 1 rings (SSSR count). The topological polar surface area (TPSA) is 64.1 Å². The van der Waals surface area contributed by atoms with Gasteiger partial charge >= 0.3 is 0 Å². The van der Waals surface area contributed by atoms with Gasteiger partial charge < -0.3 is 24.8 Å². The number of para-hydroxylation sites is 1. The second-order valence-corrected chi connectivity index (χ2v) is 5.64. The van der Waals surface area contributed by atoms with Gasteiger partial charge in [-0.15, -0.1) is 24.0 Å². The Labute approximate surface area is 180 Å². The summed E-state index contributed by atoms with van der Waals surface area (Å²) in [5.41, 5.74) is 1.05. The number of methoxy groups -OCH3 is 1. The van der Waals surface area contributed by atoms with Crippen LogP contribution in [0, 0.1) is 0 Å². The first-order valence-electron chi connectivity index (χ1n) is 9.22. The highest BCUT2D eigenvalue weighted by atomic mass is 127. The van der Waals surface area contributed by atoms with E-state index in [-0.39, 0.29) is 24.0 Å². The van der Waals surface area contributed by atoms with Crippen molar-refractivity contribution in [3.63, 3.8) is 0 Å². The van der Waals surface area contributed by atoms with Gasteiger partial charge in [-0.3, -0.25) is 0 Å². The molecule has 6 nitrogen and oxygen atoms in total. The summed E-state index contributed by atoms with van der Waals surface area (Å²) in [5, 5.41) is 6.63. The van der Waals surface area contributed by atoms with Crippen LogP contribution in [-0.4, -0.2) is 52.6 Å². The average molecular weight is 491 g/mol. The van der Waals surface area contributed by atoms with Crippen molar-refractivity contribution < 1.29 is 14.2 Å². The number of guanidine groups is 1. The molecule has 27 heavy (non-hydrogen) atoms. The second-order valence-electron chi connectivity index (χ2n) is 5.64. The summed E-state index contributed by atoms with van der Waals surface area (Å²) in [6, 6.07) is 7.94. The van der Waals surface area contributed by atoms with Crippen LogP contribution < -0.4 is 15.4 Å². The first-order valence-corrected chi connectivity index (χ1v) is 9.22. The molecule has 0 heterocycles. The number of rotatable bonds is 14. The molecule has 1 aromatic rings. The van der Waals surface area contributed by atoms with Crippen LogP contribution in [0.4, 0.5) is 0 Å². The van der Waals surface area contributed by atoms with Crippen molar-refractivity contribution in [2.24, 2.45) is 4.99 Å². The van der Waals surface area contributed by atoms with Gasteiger partial charge in [-0.2, -0.15) is 0 Å². The standard InChI is InChI=1S/C20H33N3O3.HI/c1-4-13-26-19-11-7-6-10-18(19)17-23-20(21-5-2)22-12-8-9-14-25-16-15-24-3;/h4,6-7,10-11H,1,5,8-9,12-17H2,2-3H3,(H2,21,22,23);1H. The average Bonchev–Trinajstić information content (AvgIpc) is 2.67. The normalized spacial score (nSPS) is 10.8. The molecule has 154 valence electrons. The van der Waals surface area contributed by atoms with E-state index in [0.29, 0.717) is 26.4 Å². The molecule has 0 bridgehead atoms. The minimum atomic E-state index is 0. The molecule has 0 fully saturated rings. The Morgan fingerprint density at radius 2 is 1.96 bits per heavy atom. The largest absolute Gasteiger partial charge is 0.489 e. The summed E-state index contributed by atoms with van der Waals surface area (Å²) in [5.74, 6) is 1.66. The fraction of sp³-hybridized carbons (Fsp3) is 0.550. The summed E-state index contributed by atoms with van der Waals surface area (Å²) in [4.78, 5) is 4.65. The predicted molar refractivity (Wildman–Crippen MR) is 122 cm³/mol. The van der Waals surface area contributed by atoms with Crippen LogP contribution in [0.2, 0.25) is 0 Å². The molecule has 7 heteroatoms. The lowest BCUT2D eigenvalue weighted by molar-refractivity contribution is 0.0689. The Morgan fingerprint density at radius 3 is 2.70 bits per heavy atom. The van der Waals surface area contributed by atoms with Crippen molar-refractivity contribution in [3.05, 3.63) is 42.5 Å². The van der Waals surface area contributed by atoms with Gasteiger partial charge in [0.05, 0.1) is 19.8 Å². The lowest BCUT2D eigenvalue weighted by Gasteiger charge is -2.12. The number of unbranched alkanes of at least 4 members (excludes halogenated alkanes) is 1. The smallest absolute Gasteiger partial charge is 0.191 e. The lowest BCUT2D eigenvalue weighted by Crippen LogP contribution is -2.37. The van der Waals surface area contributed by atoms with E-state index in [1.807, 2.05) is 24.3 Å². The van der Waals surface area contributed by atoms with Crippen LogP contribution in [0.3, 0.4) is 0 Å². The highest BCUT2D eigenvalue weighted by Crippen LogP contribution is 2.18. The third-order valence-electron chi connectivity index (χ3n) is 3.52. The molecule has 0 saturated carbocycles. The zero-order valence-corrected chi connectivity index (χ0v) is 18.9. The molecule has 0 radical (unpaired) electrons. The minimum absolute atomic E-state index is 0. The molecule has 0 spiro atoms. The van der Waals surface area contributed by atoms with Crippen molar-refractivity contribution in [1.29, 1.82) is 0 Å². The Bertz CT molecular complexity index is 527. The van der Waals surface area contributed by atoms with E-state index < -0.39 is 0 Å². The number of benzene rings is 1. The molecule has 0 amide bonds. The molecular formula is C20H34IN3O3. The van der Waals surface area contributed by atoms with E-state index in [0.717, 1.165) is 49.8 Å². The molecule has 0 aliphatic carbocycles. The zero-order valence-electron chi connectivity index (χ0n) is 16.5. The van der Waals surface area contributed by atoms with E-state index in [9.17, 15) is 0 Å². The molecule has 0 atom stereocenters. The Balaban J connectivity index is 0.00000676. The van der Waals surface area contributed by atoms with E-state index in [1.54, 1.807) is 13.2 Å². The van der Waals surface area contributed by atoms with E-state index in [2.05, 4.69) is 29.1 Å². The maximum Gasteiger partial charge on any atom is 0.191 e. The van der Waals surface area contributed by atoms with Gasteiger partial charge in [-0.05, 0) is 25.8 Å². The molecule has 1 aromatic carbocycles. The number of nitrogens with zero attached hydrogens (tertiary/aromatic N) is 1. The van der Waals surface area contributed by atoms with Crippen molar-refractivity contribution in [2.45, 2.75) is 26.3 Å². The first kappa shape index (κ1) is 25.7. The molecule has 0 aliphatic heterocycles. The summed E-state index contributed by atoms with van der Waals surface area (Å²) in [6.07, 6.45) is 3.77. The maximum atomic E-state index is 5.68. The highest BCUT2D eigenvalue weighted by Gasteiger charge is 2.03. The van der Waals surface area contributed by atoms with Crippen LogP contribution in [-0.2, 0) is 16.0 Å². The number of ether oxygens (including phenoxy) is 3. The van der Waals surface area contributed by atoms with Gasteiger partial charge in [0.15, 0.2) is 5.96 Å². The SMILES string of the molecule is C=CCOc1ccccc1CN=C(NCC)NCCCCOCCOC.I. The van der Waals surface area contributed by atoms with Crippen molar-refractivity contribution in [2.75, 3.05) is 46.6 Å². The number of hydrogen-bond donors (Lipinski definition) is 2. The third-order valence-corrected chi connectivity index (χ3v) is 3.52. The molecule has 2 N–H and O–H groups in total. The third kappa shape index (κ3) is 12.6. The summed E-state index contributed by atoms with van der Waals surface area (Å²) in [6.45, 7) is 10.5. The predicted octanol–water partition coefficient (Wildman–Crippen LogP) is 3.37. The maximum absolute atomic E-state index is 5.68. The van der Waals surface area contributed by atoms with Crippen LogP contribution in [0.1, 0.15) is 25.3 Å². The molecular weight excluding hydrogens is 457 g/mol. The fourth-order valence-electron chi connectivity index (χ4n) is 2.21. The Morgan fingerprint density at radius 1 is 1.15 bits per heavy atom. The highest BCUT2D eigenvalue weighted by molar-refractivity contribution is 14.0. The van der Waals surface area contributed by atoms with Gasteiger partial charge in [0.2, 0.25) is 0 Å².